The van der Waals surface area contributed by atoms with Gasteiger partial charge < -0.3 is 5.32 Å². The molecule has 0 aliphatic heterocycles. The number of nitrogens with zero attached hydrogens (tertiary/aromatic N) is 1. The molecule has 0 bridgehead atoms. The summed E-state index contributed by atoms with van der Waals surface area (Å²) in [6, 6.07) is 18.7. The lowest BCUT2D eigenvalue weighted by atomic mass is 10.1. The highest BCUT2D eigenvalue weighted by molar-refractivity contribution is 7.92. The summed E-state index contributed by atoms with van der Waals surface area (Å²) >= 11 is 0. The van der Waals surface area contributed by atoms with E-state index in [-0.39, 0.29) is 15.4 Å². The molecule has 34 heavy (non-hydrogen) atoms. The highest BCUT2D eigenvalue weighted by atomic mass is 32.2. The van der Waals surface area contributed by atoms with Gasteiger partial charge in [0.1, 0.15) is 0 Å². The SMILES string of the molecule is CCN(CC)S(=O)(=O)c1ccc(NC(=O)c2ccc(C)c(S(=O)(=O)Nc3ccccc3)c2)cc1. The fourth-order valence-corrected chi connectivity index (χ4v) is 6.16. The first-order valence-electron chi connectivity index (χ1n) is 10.7. The summed E-state index contributed by atoms with van der Waals surface area (Å²) in [5.74, 6) is -0.518. The molecule has 3 rings (SSSR count). The van der Waals surface area contributed by atoms with E-state index < -0.39 is 26.0 Å². The number of para-hydroxylation sites is 1. The predicted molar refractivity (Wildman–Crippen MR) is 133 cm³/mol. The van der Waals surface area contributed by atoms with Crippen LogP contribution < -0.4 is 10.0 Å². The lowest BCUT2D eigenvalue weighted by Gasteiger charge is -2.18. The fraction of sp³-hybridized carbons (Fsp3) is 0.208. The van der Waals surface area contributed by atoms with Gasteiger partial charge in [-0.1, -0.05) is 38.1 Å². The van der Waals surface area contributed by atoms with E-state index in [1.807, 2.05) is 0 Å². The molecule has 180 valence electrons. The zero-order valence-electron chi connectivity index (χ0n) is 19.1. The lowest BCUT2D eigenvalue weighted by molar-refractivity contribution is 0.102. The highest BCUT2D eigenvalue weighted by Gasteiger charge is 2.22. The van der Waals surface area contributed by atoms with Crippen LogP contribution >= 0.6 is 0 Å². The Morgan fingerprint density at radius 3 is 2.03 bits per heavy atom. The molecule has 8 nitrogen and oxygen atoms in total. The van der Waals surface area contributed by atoms with Gasteiger partial charge in [0.2, 0.25) is 10.0 Å². The summed E-state index contributed by atoms with van der Waals surface area (Å²) < 4.78 is 54.9. The molecule has 0 fully saturated rings. The number of rotatable bonds is 9. The smallest absolute Gasteiger partial charge is 0.262 e. The monoisotopic (exact) mass is 501 g/mol. The van der Waals surface area contributed by atoms with Crippen molar-refractivity contribution in [1.29, 1.82) is 0 Å². The largest absolute Gasteiger partial charge is 0.322 e. The van der Waals surface area contributed by atoms with E-state index in [9.17, 15) is 21.6 Å². The van der Waals surface area contributed by atoms with Crippen LogP contribution in [0.5, 0.6) is 0 Å². The number of aryl methyl sites for hydroxylation is 1. The fourth-order valence-electron chi connectivity index (χ4n) is 3.37. The van der Waals surface area contributed by atoms with Gasteiger partial charge in [0, 0.05) is 30.0 Å². The maximum Gasteiger partial charge on any atom is 0.262 e. The number of hydrogen-bond donors (Lipinski definition) is 2. The molecule has 0 saturated heterocycles. The molecule has 0 radical (unpaired) electrons. The molecule has 0 aromatic heterocycles. The van der Waals surface area contributed by atoms with Crippen molar-refractivity contribution in [1.82, 2.24) is 4.31 Å². The zero-order chi connectivity index (χ0) is 24.9. The Hall–Kier alpha value is -3.21. The maximum absolute atomic E-state index is 12.9. The van der Waals surface area contributed by atoms with Crippen LogP contribution in [0.4, 0.5) is 11.4 Å². The van der Waals surface area contributed by atoms with Crippen LogP contribution in [0.3, 0.4) is 0 Å². The number of carbonyl (C=O) groups excluding carboxylic acids is 1. The van der Waals surface area contributed by atoms with Gasteiger partial charge in [-0.2, -0.15) is 4.31 Å². The number of carbonyl (C=O) groups is 1. The Morgan fingerprint density at radius 1 is 0.824 bits per heavy atom. The second-order valence-electron chi connectivity index (χ2n) is 7.52. The van der Waals surface area contributed by atoms with Crippen LogP contribution in [0.15, 0.2) is 82.6 Å². The van der Waals surface area contributed by atoms with Crippen molar-refractivity contribution in [3.8, 4) is 0 Å². The van der Waals surface area contributed by atoms with Crippen LogP contribution in [-0.2, 0) is 20.0 Å². The van der Waals surface area contributed by atoms with Crippen molar-refractivity contribution in [2.75, 3.05) is 23.1 Å². The van der Waals surface area contributed by atoms with Gasteiger partial charge in [-0.05, 0) is 61.0 Å². The predicted octanol–water partition coefficient (Wildman–Crippen LogP) is 4.08. The normalized spacial score (nSPS) is 11.9. The van der Waals surface area contributed by atoms with Crippen molar-refractivity contribution in [3.63, 3.8) is 0 Å². The Labute approximate surface area is 200 Å². The van der Waals surface area contributed by atoms with E-state index >= 15 is 0 Å². The second-order valence-corrected chi connectivity index (χ2v) is 11.1. The third-order valence-corrected chi connectivity index (χ3v) is 8.81. The number of amides is 1. The van der Waals surface area contributed by atoms with Gasteiger partial charge in [0.15, 0.2) is 0 Å². The molecule has 3 aromatic carbocycles. The number of sulfonamides is 2. The van der Waals surface area contributed by atoms with E-state index in [1.54, 1.807) is 57.2 Å². The molecule has 10 heteroatoms. The number of anilines is 2. The molecule has 0 unspecified atom stereocenters. The molecule has 1 amide bonds. The summed E-state index contributed by atoms with van der Waals surface area (Å²) in [7, 11) is -7.51. The first kappa shape index (κ1) is 25.4. The van der Waals surface area contributed by atoms with Crippen LogP contribution in [0.25, 0.3) is 0 Å². The minimum absolute atomic E-state index is 0.00957. The average Bonchev–Trinajstić information content (AvgIpc) is 2.80. The molecule has 3 aromatic rings. The van der Waals surface area contributed by atoms with E-state index in [0.29, 0.717) is 30.0 Å². The van der Waals surface area contributed by atoms with Gasteiger partial charge in [-0.25, -0.2) is 16.8 Å². The topological polar surface area (TPSA) is 113 Å². The second kappa shape index (κ2) is 10.4. The van der Waals surface area contributed by atoms with E-state index in [2.05, 4.69) is 10.0 Å². The van der Waals surface area contributed by atoms with Gasteiger partial charge >= 0.3 is 0 Å². The maximum atomic E-state index is 12.9. The Bertz CT molecular complexity index is 1370. The van der Waals surface area contributed by atoms with Crippen LogP contribution in [0, 0.1) is 6.92 Å². The Balaban J connectivity index is 1.81. The van der Waals surface area contributed by atoms with Crippen LogP contribution in [0.1, 0.15) is 29.8 Å². The van der Waals surface area contributed by atoms with Crippen molar-refractivity contribution < 1.29 is 21.6 Å². The molecule has 0 aliphatic carbocycles. The molecule has 0 aliphatic rings. The van der Waals surface area contributed by atoms with Gasteiger partial charge in [0.05, 0.1) is 9.79 Å². The van der Waals surface area contributed by atoms with Gasteiger partial charge in [0.25, 0.3) is 15.9 Å². The molecule has 0 spiro atoms. The summed E-state index contributed by atoms with van der Waals surface area (Å²) in [4.78, 5) is 12.9. The minimum Gasteiger partial charge on any atom is -0.322 e. The summed E-state index contributed by atoms with van der Waals surface area (Å²) in [6.07, 6.45) is 0. The third kappa shape index (κ3) is 5.64. The van der Waals surface area contributed by atoms with Crippen molar-refractivity contribution in [2.24, 2.45) is 0 Å². The lowest BCUT2D eigenvalue weighted by Crippen LogP contribution is -2.30. The number of hydrogen-bond acceptors (Lipinski definition) is 5. The van der Waals surface area contributed by atoms with Crippen molar-refractivity contribution in [2.45, 2.75) is 30.6 Å². The summed E-state index contributed by atoms with van der Waals surface area (Å²) in [6.45, 7) is 5.89. The first-order valence-corrected chi connectivity index (χ1v) is 13.6. The molecular formula is C24H27N3O5S2. The van der Waals surface area contributed by atoms with Crippen molar-refractivity contribution in [3.05, 3.63) is 83.9 Å². The zero-order valence-corrected chi connectivity index (χ0v) is 20.8. The molecule has 0 saturated carbocycles. The standard InChI is InChI=1S/C24H27N3O5S2/c1-4-27(5-2)34(31,32)22-15-13-20(14-16-22)25-24(28)19-12-11-18(3)23(17-19)33(29,30)26-21-9-7-6-8-10-21/h6-17,26H,4-5H2,1-3H3,(H,25,28). The average molecular weight is 502 g/mol. The van der Waals surface area contributed by atoms with Gasteiger partial charge in [-0.3, -0.25) is 9.52 Å². The molecule has 0 atom stereocenters. The Morgan fingerprint density at radius 2 is 1.44 bits per heavy atom. The molecule has 0 heterocycles. The summed E-state index contributed by atoms with van der Waals surface area (Å²) in [5, 5.41) is 2.68. The Kier molecular flexibility index (Phi) is 7.75. The third-order valence-electron chi connectivity index (χ3n) is 5.22. The first-order chi connectivity index (χ1) is 16.1. The summed E-state index contributed by atoms with van der Waals surface area (Å²) in [5.41, 5.74) is 1.44. The highest BCUT2D eigenvalue weighted by Crippen LogP contribution is 2.22. The molecular weight excluding hydrogens is 474 g/mol. The van der Waals surface area contributed by atoms with E-state index in [4.69, 9.17) is 0 Å². The van der Waals surface area contributed by atoms with Gasteiger partial charge in [-0.15, -0.1) is 0 Å². The molecule has 2 N–H and O–H groups in total. The van der Waals surface area contributed by atoms with E-state index in [1.165, 1.54) is 40.7 Å². The van der Waals surface area contributed by atoms with Crippen LogP contribution in [-0.4, -0.2) is 40.1 Å². The minimum atomic E-state index is -3.91. The number of nitrogens with one attached hydrogen (secondary N) is 2. The van der Waals surface area contributed by atoms with E-state index in [0.717, 1.165) is 0 Å². The van der Waals surface area contributed by atoms with Crippen LogP contribution in [0.2, 0.25) is 0 Å². The quantitative estimate of drug-likeness (QED) is 0.459. The number of benzene rings is 3. The van der Waals surface area contributed by atoms with Crippen molar-refractivity contribution >= 4 is 37.3 Å².